The summed E-state index contributed by atoms with van der Waals surface area (Å²) in [7, 11) is 0. The maximum atomic E-state index is 13.5. The van der Waals surface area contributed by atoms with E-state index in [4.69, 9.17) is 0 Å². The molecule has 1 aliphatic rings. The van der Waals surface area contributed by atoms with Crippen LogP contribution in [0.25, 0.3) is 0 Å². The number of benzene rings is 1. The van der Waals surface area contributed by atoms with Crippen molar-refractivity contribution in [2.45, 2.75) is 32.3 Å². The molecule has 1 unspecified atom stereocenters. The van der Waals surface area contributed by atoms with Gasteiger partial charge in [-0.3, -0.25) is 0 Å². The molecule has 1 aliphatic carbocycles. The van der Waals surface area contributed by atoms with Crippen molar-refractivity contribution in [1.82, 2.24) is 0 Å². The number of hydrogen-bond acceptors (Lipinski definition) is 1. The number of rotatable bonds is 2. The monoisotopic (exact) mass is 194 g/mol. The molecule has 0 saturated heterocycles. The Morgan fingerprint density at radius 3 is 2.64 bits per heavy atom. The molecule has 2 heteroatoms. The van der Waals surface area contributed by atoms with Gasteiger partial charge in [0.1, 0.15) is 5.82 Å². The number of halogens is 1. The summed E-state index contributed by atoms with van der Waals surface area (Å²) in [5.74, 6) is -0.0636. The first-order valence-corrected chi connectivity index (χ1v) is 5.01. The molecular formula is C12H15FO. The van der Waals surface area contributed by atoms with Gasteiger partial charge in [0.25, 0.3) is 0 Å². The van der Waals surface area contributed by atoms with Gasteiger partial charge in [-0.15, -0.1) is 0 Å². The van der Waals surface area contributed by atoms with E-state index in [9.17, 15) is 9.50 Å². The Balaban J connectivity index is 2.43. The summed E-state index contributed by atoms with van der Waals surface area (Å²) in [4.78, 5) is 0. The van der Waals surface area contributed by atoms with Crippen LogP contribution in [0.5, 0.6) is 0 Å². The van der Waals surface area contributed by atoms with E-state index >= 15 is 0 Å². The van der Waals surface area contributed by atoms with Crippen LogP contribution in [-0.2, 0) is 5.60 Å². The Hall–Kier alpha value is -0.890. The van der Waals surface area contributed by atoms with Gasteiger partial charge in [-0.25, -0.2) is 4.39 Å². The Bertz CT molecular complexity index is 353. The average molecular weight is 194 g/mol. The van der Waals surface area contributed by atoms with Gasteiger partial charge in [0.15, 0.2) is 0 Å². The first-order valence-electron chi connectivity index (χ1n) is 5.01. The molecule has 2 rings (SSSR count). The lowest BCUT2D eigenvalue weighted by Crippen LogP contribution is -2.25. The van der Waals surface area contributed by atoms with Crippen LogP contribution in [0.4, 0.5) is 4.39 Å². The van der Waals surface area contributed by atoms with Crippen LogP contribution < -0.4 is 0 Å². The van der Waals surface area contributed by atoms with Crippen LogP contribution in [0, 0.1) is 18.7 Å². The Morgan fingerprint density at radius 2 is 2.07 bits per heavy atom. The highest BCUT2D eigenvalue weighted by molar-refractivity contribution is 5.30. The van der Waals surface area contributed by atoms with Gasteiger partial charge >= 0.3 is 0 Å². The van der Waals surface area contributed by atoms with E-state index in [-0.39, 0.29) is 11.7 Å². The van der Waals surface area contributed by atoms with Gasteiger partial charge in [0.05, 0.1) is 5.60 Å². The van der Waals surface area contributed by atoms with E-state index in [1.54, 1.807) is 19.1 Å². The first-order chi connectivity index (χ1) is 6.51. The molecule has 0 aromatic heterocycles. The van der Waals surface area contributed by atoms with Gasteiger partial charge in [0.2, 0.25) is 0 Å². The van der Waals surface area contributed by atoms with Crippen molar-refractivity contribution in [2.75, 3.05) is 0 Å². The Kier molecular flexibility index (Phi) is 2.11. The Morgan fingerprint density at radius 1 is 1.43 bits per heavy atom. The molecule has 1 aromatic carbocycles. The fraction of sp³-hybridized carbons (Fsp3) is 0.500. The lowest BCUT2D eigenvalue weighted by Gasteiger charge is -2.24. The van der Waals surface area contributed by atoms with Crippen LogP contribution in [0.15, 0.2) is 18.2 Å². The molecule has 0 aliphatic heterocycles. The zero-order valence-electron chi connectivity index (χ0n) is 8.55. The molecule has 1 fully saturated rings. The highest BCUT2D eigenvalue weighted by Crippen LogP contribution is 2.46. The molecule has 1 N–H and O–H groups in total. The molecule has 1 saturated carbocycles. The lowest BCUT2D eigenvalue weighted by molar-refractivity contribution is 0.0294. The second kappa shape index (κ2) is 3.06. The van der Waals surface area contributed by atoms with Gasteiger partial charge in [-0.1, -0.05) is 17.7 Å². The quantitative estimate of drug-likeness (QED) is 0.767. The van der Waals surface area contributed by atoms with Gasteiger partial charge in [0, 0.05) is 5.56 Å². The van der Waals surface area contributed by atoms with Crippen LogP contribution >= 0.6 is 0 Å². The summed E-state index contributed by atoms with van der Waals surface area (Å²) in [6, 6.07) is 4.90. The van der Waals surface area contributed by atoms with E-state index in [0.717, 1.165) is 18.4 Å². The molecule has 14 heavy (non-hydrogen) atoms. The highest BCUT2D eigenvalue weighted by atomic mass is 19.1. The minimum Gasteiger partial charge on any atom is -0.385 e. The third kappa shape index (κ3) is 1.55. The van der Waals surface area contributed by atoms with Crippen molar-refractivity contribution in [3.8, 4) is 0 Å². The van der Waals surface area contributed by atoms with Crippen molar-refractivity contribution in [3.05, 3.63) is 35.1 Å². The standard InChI is InChI=1S/C12H15FO/c1-8-3-6-11(13)10(7-8)12(2,14)9-4-5-9/h3,6-7,9,14H,4-5H2,1-2H3. The molecule has 0 bridgehead atoms. The van der Waals surface area contributed by atoms with Crippen molar-refractivity contribution in [2.24, 2.45) is 5.92 Å². The number of hydrogen-bond donors (Lipinski definition) is 1. The minimum absolute atomic E-state index is 0.235. The van der Waals surface area contributed by atoms with Crippen LogP contribution in [0.1, 0.15) is 30.9 Å². The lowest BCUT2D eigenvalue weighted by atomic mass is 9.89. The molecule has 76 valence electrons. The number of aryl methyl sites for hydroxylation is 1. The van der Waals surface area contributed by atoms with E-state index in [0.29, 0.717) is 5.56 Å². The summed E-state index contributed by atoms with van der Waals surface area (Å²) >= 11 is 0. The fourth-order valence-corrected chi connectivity index (χ4v) is 1.89. The maximum Gasteiger partial charge on any atom is 0.129 e. The summed E-state index contributed by atoms with van der Waals surface area (Å²) in [6.45, 7) is 3.62. The smallest absolute Gasteiger partial charge is 0.129 e. The molecule has 1 atom stereocenters. The van der Waals surface area contributed by atoms with Crippen molar-refractivity contribution in [1.29, 1.82) is 0 Å². The average Bonchev–Trinajstić information content (AvgIpc) is 2.91. The first kappa shape index (κ1) is 9.66. The van der Waals surface area contributed by atoms with Crippen LogP contribution in [0.3, 0.4) is 0 Å². The SMILES string of the molecule is Cc1ccc(F)c(C(C)(O)C2CC2)c1. The van der Waals surface area contributed by atoms with Gasteiger partial charge < -0.3 is 5.11 Å². The predicted octanol–water partition coefficient (Wildman–Crippen LogP) is 2.75. The topological polar surface area (TPSA) is 20.2 Å². The van der Waals surface area contributed by atoms with Crippen molar-refractivity contribution < 1.29 is 9.50 Å². The maximum absolute atomic E-state index is 13.5. The summed E-state index contributed by atoms with van der Waals surface area (Å²) < 4.78 is 13.5. The molecular weight excluding hydrogens is 179 g/mol. The van der Waals surface area contributed by atoms with Crippen LogP contribution in [0.2, 0.25) is 0 Å². The van der Waals surface area contributed by atoms with Gasteiger partial charge in [-0.2, -0.15) is 0 Å². The molecule has 0 heterocycles. The highest BCUT2D eigenvalue weighted by Gasteiger charge is 2.42. The summed E-state index contributed by atoms with van der Waals surface area (Å²) in [5, 5.41) is 10.2. The summed E-state index contributed by atoms with van der Waals surface area (Å²) in [5.41, 5.74) is 0.443. The third-order valence-electron chi connectivity index (χ3n) is 3.04. The zero-order valence-corrected chi connectivity index (χ0v) is 8.55. The van der Waals surface area contributed by atoms with Crippen LogP contribution in [-0.4, -0.2) is 5.11 Å². The second-order valence-electron chi connectivity index (χ2n) is 4.41. The second-order valence-corrected chi connectivity index (χ2v) is 4.41. The number of aliphatic hydroxyl groups is 1. The predicted molar refractivity (Wildman–Crippen MR) is 53.4 cm³/mol. The third-order valence-corrected chi connectivity index (χ3v) is 3.04. The van der Waals surface area contributed by atoms with E-state index < -0.39 is 5.60 Å². The van der Waals surface area contributed by atoms with E-state index in [2.05, 4.69) is 0 Å². The largest absolute Gasteiger partial charge is 0.385 e. The zero-order chi connectivity index (χ0) is 10.3. The molecule has 1 aromatic rings. The molecule has 0 amide bonds. The fourth-order valence-electron chi connectivity index (χ4n) is 1.89. The molecule has 1 nitrogen and oxygen atoms in total. The molecule has 0 radical (unpaired) electrons. The van der Waals surface area contributed by atoms with E-state index in [1.807, 2.05) is 6.92 Å². The van der Waals surface area contributed by atoms with Crippen molar-refractivity contribution >= 4 is 0 Å². The molecule has 0 spiro atoms. The minimum atomic E-state index is -0.990. The van der Waals surface area contributed by atoms with Gasteiger partial charge in [-0.05, 0) is 38.7 Å². The normalized spacial score (nSPS) is 20.6. The van der Waals surface area contributed by atoms with E-state index in [1.165, 1.54) is 6.07 Å². The van der Waals surface area contributed by atoms with Crippen molar-refractivity contribution in [3.63, 3.8) is 0 Å². The summed E-state index contributed by atoms with van der Waals surface area (Å²) in [6.07, 6.45) is 2.00. The Labute approximate surface area is 83.6 Å².